The monoisotopic (exact) mass is 415 g/mol. The maximum atomic E-state index is 12.0. The number of sulfonamides is 1. The highest BCUT2D eigenvalue weighted by molar-refractivity contribution is 9.10. The molecule has 1 aliphatic carbocycles. The summed E-state index contributed by atoms with van der Waals surface area (Å²) in [5.41, 5.74) is 0. The number of halogens is 4. The lowest BCUT2D eigenvalue weighted by Crippen LogP contribution is -2.36. The molecule has 1 aliphatic rings. The third kappa shape index (κ3) is 5.04. The molecule has 0 atom stereocenters. The molecule has 1 saturated carbocycles. The predicted molar refractivity (Wildman–Crippen MR) is 83.6 cm³/mol. The molecule has 3 nitrogen and oxygen atoms in total. The van der Waals surface area contributed by atoms with Gasteiger partial charge in [-0.3, -0.25) is 0 Å². The summed E-state index contributed by atoms with van der Waals surface area (Å²) in [5, 5.41) is 0. The summed E-state index contributed by atoms with van der Waals surface area (Å²) in [5.74, 6) is 0. The van der Waals surface area contributed by atoms with Crippen LogP contribution < -0.4 is 0 Å². The van der Waals surface area contributed by atoms with E-state index in [2.05, 4.69) is 15.9 Å². The molecule has 9 heteroatoms. The van der Waals surface area contributed by atoms with Crippen molar-refractivity contribution in [1.82, 2.24) is 3.71 Å². The second-order valence-electron chi connectivity index (χ2n) is 3.89. The number of nitrogens with zero attached hydrogens (tertiary/aromatic N) is 1. The quantitative estimate of drug-likeness (QED) is 0.477. The molecule has 1 rings (SSSR count). The van der Waals surface area contributed by atoms with Crippen LogP contribution in [0.25, 0.3) is 0 Å². The van der Waals surface area contributed by atoms with E-state index in [0.717, 1.165) is 44.1 Å². The van der Waals surface area contributed by atoms with Gasteiger partial charge in [-0.05, 0) is 24.8 Å². The van der Waals surface area contributed by atoms with E-state index in [1.807, 2.05) is 0 Å². The van der Waals surface area contributed by atoms with Crippen LogP contribution in [0.15, 0.2) is 8.86 Å². The minimum absolute atomic E-state index is 0.0484. The number of rotatable bonds is 5. The first kappa shape index (κ1) is 17.4. The molecular formula is C9H13BrCl3NO2S2. The van der Waals surface area contributed by atoms with Crippen LogP contribution in [0.5, 0.6) is 0 Å². The molecule has 0 N–H and O–H groups in total. The van der Waals surface area contributed by atoms with Crippen LogP contribution in [-0.4, -0.2) is 22.8 Å². The van der Waals surface area contributed by atoms with Crippen LogP contribution in [0, 0.1) is 0 Å². The molecule has 0 spiro atoms. The zero-order valence-electron chi connectivity index (χ0n) is 9.41. The number of hydrogen-bond acceptors (Lipinski definition) is 3. The smallest absolute Gasteiger partial charge is 0.210 e. The van der Waals surface area contributed by atoms with Crippen molar-refractivity contribution in [3.63, 3.8) is 0 Å². The molecular weight excluding hydrogens is 405 g/mol. The van der Waals surface area contributed by atoms with Crippen molar-refractivity contribution in [2.75, 3.05) is 4.66 Å². The van der Waals surface area contributed by atoms with Crippen LogP contribution in [0.1, 0.15) is 32.1 Å². The van der Waals surface area contributed by atoms with Crippen molar-refractivity contribution in [1.29, 1.82) is 0 Å². The number of hydrogen-bond donors (Lipinski definition) is 0. The summed E-state index contributed by atoms with van der Waals surface area (Å²) in [7, 11) is -3.41. The topological polar surface area (TPSA) is 37.4 Å². The van der Waals surface area contributed by atoms with Gasteiger partial charge in [0.1, 0.15) is 13.5 Å². The largest absolute Gasteiger partial charge is 0.233 e. The second-order valence-corrected chi connectivity index (χ2v) is 9.81. The molecule has 0 aromatic heterocycles. The molecule has 1 fully saturated rings. The molecule has 0 aliphatic heterocycles. The Labute approximate surface area is 136 Å². The van der Waals surface area contributed by atoms with E-state index in [9.17, 15) is 8.42 Å². The summed E-state index contributed by atoms with van der Waals surface area (Å²) in [6.07, 6.45) is 4.86. The molecule has 0 unspecified atom stereocenters. The maximum absolute atomic E-state index is 12.0. The Morgan fingerprint density at radius 2 is 1.78 bits per heavy atom. The van der Waals surface area contributed by atoms with Gasteiger partial charge < -0.3 is 0 Å². The van der Waals surface area contributed by atoms with Gasteiger partial charge in [0.25, 0.3) is 0 Å². The van der Waals surface area contributed by atoms with Gasteiger partial charge in [0.2, 0.25) is 10.0 Å². The van der Waals surface area contributed by atoms with Crippen molar-refractivity contribution in [3.05, 3.63) is 8.86 Å². The summed E-state index contributed by atoms with van der Waals surface area (Å²) < 4.78 is 25.2. The summed E-state index contributed by atoms with van der Waals surface area (Å²) >= 11 is 20.9. The molecule has 0 amide bonds. The summed E-state index contributed by atoms with van der Waals surface area (Å²) in [6.45, 7) is 0. The zero-order chi connectivity index (χ0) is 13.8. The summed E-state index contributed by atoms with van der Waals surface area (Å²) in [4.78, 5) is 0. The Balaban J connectivity index is 2.91. The second kappa shape index (κ2) is 7.96. The average molecular weight is 418 g/mol. The molecule has 0 bridgehead atoms. The maximum Gasteiger partial charge on any atom is 0.233 e. The van der Waals surface area contributed by atoms with Crippen LogP contribution in [0.2, 0.25) is 0 Å². The van der Waals surface area contributed by atoms with Gasteiger partial charge in [0.05, 0.1) is 0 Å². The Hall–Kier alpha value is 1.35. The van der Waals surface area contributed by atoms with E-state index in [-0.39, 0.29) is 19.6 Å². The van der Waals surface area contributed by atoms with Crippen molar-refractivity contribution >= 4 is 72.7 Å². The third-order valence-corrected chi connectivity index (χ3v) is 8.40. The highest BCUT2D eigenvalue weighted by atomic mass is 79.9. The van der Waals surface area contributed by atoms with E-state index < -0.39 is 10.0 Å². The minimum Gasteiger partial charge on any atom is -0.210 e. The van der Waals surface area contributed by atoms with Gasteiger partial charge in [-0.1, -0.05) is 70.0 Å². The van der Waals surface area contributed by atoms with Crippen molar-refractivity contribution in [2.45, 2.75) is 38.1 Å². The number of alkyl halides is 1. The Kier molecular flexibility index (Phi) is 7.69. The highest BCUT2D eigenvalue weighted by Crippen LogP contribution is 2.38. The standard InChI is InChI=1S/C9H13BrCl3NO2S2/c10-6-18(15,16)14(17-9(13)8(11)12)7-4-2-1-3-5-7/h7H,1-6H2. The fourth-order valence-corrected chi connectivity index (χ4v) is 5.62. The molecule has 18 heavy (non-hydrogen) atoms. The zero-order valence-corrected chi connectivity index (χ0v) is 14.9. The third-order valence-electron chi connectivity index (χ3n) is 2.60. The van der Waals surface area contributed by atoms with Gasteiger partial charge in [0.15, 0.2) is 0 Å². The van der Waals surface area contributed by atoms with Crippen LogP contribution in [-0.2, 0) is 10.0 Å². The van der Waals surface area contributed by atoms with Gasteiger partial charge >= 0.3 is 0 Å². The van der Waals surface area contributed by atoms with E-state index in [1.54, 1.807) is 0 Å². The molecule has 0 radical (unpaired) electrons. The normalized spacial score (nSPS) is 18.1. The molecule has 0 aromatic carbocycles. The first-order chi connectivity index (χ1) is 8.38. The first-order valence-electron chi connectivity index (χ1n) is 5.35. The van der Waals surface area contributed by atoms with E-state index in [1.165, 1.54) is 3.71 Å². The Morgan fingerprint density at radius 3 is 2.22 bits per heavy atom. The van der Waals surface area contributed by atoms with E-state index >= 15 is 0 Å². The Bertz CT molecular complexity index is 406. The minimum atomic E-state index is -3.41. The highest BCUT2D eigenvalue weighted by Gasteiger charge is 2.32. The molecule has 0 heterocycles. The lowest BCUT2D eigenvalue weighted by molar-refractivity contribution is 0.347. The van der Waals surface area contributed by atoms with Gasteiger partial charge in [0, 0.05) is 6.04 Å². The van der Waals surface area contributed by atoms with Gasteiger partial charge in [-0.2, -0.15) is 0 Å². The fraction of sp³-hybridized carbons (Fsp3) is 0.778. The summed E-state index contributed by atoms with van der Waals surface area (Å²) in [6, 6.07) is -0.0484. The van der Waals surface area contributed by atoms with Crippen LogP contribution in [0.3, 0.4) is 0 Å². The van der Waals surface area contributed by atoms with E-state index in [4.69, 9.17) is 34.8 Å². The van der Waals surface area contributed by atoms with E-state index in [0.29, 0.717) is 0 Å². The molecule has 106 valence electrons. The van der Waals surface area contributed by atoms with Crippen molar-refractivity contribution in [2.24, 2.45) is 0 Å². The Morgan fingerprint density at radius 1 is 1.22 bits per heavy atom. The lowest BCUT2D eigenvalue weighted by atomic mass is 9.96. The molecule has 0 saturated heterocycles. The average Bonchev–Trinajstić information content (AvgIpc) is 2.36. The van der Waals surface area contributed by atoms with Crippen LogP contribution in [0.4, 0.5) is 0 Å². The molecule has 0 aromatic rings. The SMILES string of the molecule is O=S(=O)(CBr)N(SC(Cl)=C(Cl)Cl)C1CCCCC1. The van der Waals surface area contributed by atoms with Gasteiger partial charge in [-0.25, -0.2) is 8.42 Å². The lowest BCUT2D eigenvalue weighted by Gasteiger charge is -2.31. The fourth-order valence-electron chi connectivity index (χ4n) is 1.81. The van der Waals surface area contributed by atoms with Crippen molar-refractivity contribution < 1.29 is 8.42 Å². The van der Waals surface area contributed by atoms with Gasteiger partial charge in [-0.15, -0.1) is 3.71 Å². The first-order valence-corrected chi connectivity index (χ1v) is 9.99. The van der Waals surface area contributed by atoms with Crippen molar-refractivity contribution in [3.8, 4) is 0 Å². The predicted octanol–water partition coefficient (Wildman–Crippen LogP) is 4.79. The van der Waals surface area contributed by atoms with Crippen LogP contribution >= 0.6 is 62.7 Å².